The number of rotatable bonds is 7. The zero-order valence-electron chi connectivity index (χ0n) is 12.2. The highest BCUT2D eigenvalue weighted by Crippen LogP contribution is 2.21. The van der Waals surface area contributed by atoms with Gasteiger partial charge in [-0.2, -0.15) is 4.39 Å². The molecule has 118 valence electrons. The number of nitrogens with zero attached hydrogens (tertiary/aromatic N) is 2. The number of aryl methyl sites for hydroxylation is 1. The number of ether oxygens (including phenoxy) is 1. The van der Waals surface area contributed by atoms with Crippen molar-refractivity contribution in [2.45, 2.75) is 39.0 Å². The lowest BCUT2D eigenvalue weighted by Gasteiger charge is -2.10. The minimum absolute atomic E-state index is 0.0381. The summed E-state index contributed by atoms with van der Waals surface area (Å²) in [7, 11) is 0. The standard InChI is InChI=1S/C16H17F3N2O/c1-2-3-4-11-9-20-16(21-10-11)12-5-7-13(8-6-12)22-15(19)14(17)18/h5-10,14-15H,2-4H2,1H3. The molecule has 3 nitrogen and oxygen atoms in total. The van der Waals surface area contributed by atoms with Crippen LogP contribution in [-0.4, -0.2) is 22.8 Å². The van der Waals surface area contributed by atoms with Gasteiger partial charge in [0.25, 0.3) is 6.36 Å². The predicted molar refractivity (Wildman–Crippen MR) is 77.6 cm³/mol. The van der Waals surface area contributed by atoms with Crippen molar-refractivity contribution in [3.63, 3.8) is 0 Å². The number of unbranched alkanes of at least 4 members (excludes halogenated alkanes) is 1. The van der Waals surface area contributed by atoms with Crippen LogP contribution in [0.1, 0.15) is 25.3 Å². The Morgan fingerprint density at radius 1 is 1.05 bits per heavy atom. The molecule has 0 bridgehead atoms. The van der Waals surface area contributed by atoms with Gasteiger partial charge in [-0.1, -0.05) is 13.3 Å². The summed E-state index contributed by atoms with van der Waals surface area (Å²) in [5.41, 5.74) is 1.78. The second-order valence-electron chi connectivity index (χ2n) is 4.85. The summed E-state index contributed by atoms with van der Waals surface area (Å²) in [5.74, 6) is 0.563. The topological polar surface area (TPSA) is 35.0 Å². The van der Waals surface area contributed by atoms with Crippen molar-refractivity contribution in [1.29, 1.82) is 0 Å². The zero-order chi connectivity index (χ0) is 15.9. The molecule has 1 unspecified atom stereocenters. The smallest absolute Gasteiger partial charge is 0.304 e. The van der Waals surface area contributed by atoms with Gasteiger partial charge in [-0.3, -0.25) is 0 Å². The summed E-state index contributed by atoms with van der Waals surface area (Å²) >= 11 is 0. The van der Waals surface area contributed by atoms with Crippen LogP contribution in [-0.2, 0) is 6.42 Å². The monoisotopic (exact) mass is 310 g/mol. The maximum absolute atomic E-state index is 12.8. The molecule has 0 fully saturated rings. The molecule has 2 rings (SSSR count). The molecule has 0 saturated heterocycles. The van der Waals surface area contributed by atoms with Crippen LogP contribution >= 0.6 is 0 Å². The van der Waals surface area contributed by atoms with E-state index < -0.39 is 12.8 Å². The van der Waals surface area contributed by atoms with Crippen LogP contribution in [0.4, 0.5) is 13.2 Å². The summed E-state index contributed by atoms with van der Waals surface area (Å²) in [5, 5.41) is 0. The number of benzene rings is 1. The van der Waals surface area contributed by atoms with Crippen molar-refractivity contribution in [2.75, 3.05) is 0 Å². The van der Waals surface area contributed by atoms with Crippen LogP contribution in [0.2, 0.25) is 0 Å². The van der Waals surface area contributed by atoms with Crippen LogP contribution in [0, 0.1) is 0 Å². The summed E-state index contributed by atoms with van der Waals surface area (Å²) in [6.07, 6.45) is 0.891. The van der Waals surface area contributed by atoms with Crippen LogP contribution in [0.5, 0.6) is 5.75 Å². The van der Waals surface area contributed by atoms with E-state index in [2.05, 4.69) is 21.6 Å². The second-order valence-corrected chi connectivity index (χ2v) is 4.85. The molecule has 1 aromatic heterocycles. The molecule has 1 atom stereocenters. The van der Waals surface area contributed by atoms with Crippen molar-refractivity contribution in [2.24, 2.45) is 0 Å². The van der Waals surface area contributed by atoms with Crippen molar-refractivity contribution in [3.8, 4) is 17.1 Å². The Labute approximate surface area is 127 Å². The van der Waals surface area contributed by atoms with Crippen molar-refractivity contribution < 1.29 is 17.9 Å². The molecule has 0 aliphatic heterocycles. The fraction of sp³-hybridized carbons (Fsp3) is 0.375. The number of alkyl halides is 3. The number of hydrogen-bond donors (Lipinski definition) is 0. The van der Waals surface area contributed by atoms with Gasteiger partial charge in [0.1, 0.15) is 5.75 Å². The average molecular weight is 310 g/mol. The average Bonchev–Trinajstić information content (AvgIpc) is 2.54. The van der Waals surface area contributed by atoms with Crippen LogP contribution in [0.3, 0.4) is 0 Å². The van der Waals surface area contributed by atoms with E-state index in [1.807, 2.05) is 0 Å². The number of hydrogen-bond acceptors (Lipinski definition) is 3. The van der Waals surface area contributed by atoms with Gasteiger partial charge in [-0.05, 0) is 42.7 Å². The third-order valence-electron chi connectivity index (χ3n) is 3.08. The van der Waals surface area contributed by atoms with E-state index >= 15 is 0 Å². The van der Waals surface area contributed by atoms with E-state index in [-0.39, 0.29) is 5.75 Å². The van der Waals surface area contributed by atoms with Gasteiger partial charge in [-0.25, -0.2) is 18.7 Å². The first-order valence-electron chi connectivity index (χ1n) is 7.10. The minimum atomic E-state index is -3.17. The highest BCUT2D eigenvalue weighted by Gasteiger charge is 2.20. The van der Waals surface area contributed by atoms with Gasteiger partial charge < -0.3 is 4.74 Å². The zero-order valence-corrected chi connectivity index (χ0v) is 12.2. The van der Waals surface area contributed by atoms with E-state index in [9.17, 15) is 13.2 Å². The summed E-state index contributed by atoms with van der Waals surface area (Å²) in [6, 6.07) is 6.04. The van der Waals surface area contributed by atoms with Crippen LogP contribution < -0.4 is 4.74 Å². The first kappa shape index (κ1) is 16.3. The highest BCUT2D eigenvalue weighted by molar-refractivity contribution is 5.55. The summed E-state index contributed by atoms with van der Waals surface area (Å²) in [6.45, 7) is 2.12. The minimum Gasteiger partial charge on any atom is -0.454 e. The lowest BCUT2D eigenvalue weighted by Crippen LogP contribution is -2.19. The highest BCUT2D eigenvalue weighted by atomic mass is 19.3. The fourth-order valence-electron chi connectivity index (χ4n) is 1.88. The summed E-state index contributed by atoms with van der Waals surface area (Å²) in [4.78, 5) is 8.55. The third kappa shape index (κ3) is 4.44. The van der Waals surface area contributed by atoms with Crippen molar-refractivity contribution >= 4 is 0 Å². The SMILES string of the molecule is CCCCc1cnc(-c2ccc(OC(F)C(F)F)cc2)nc1. The number of halogens is 3. The van der Waals surface area contributed by atoms with Gasteiger partial charge in [0.15, 0.2) is 5.82 Å². The molecular weight excluding hydrogens is 293 g/mol. The second kappa shape index (κ2) is 7.77. The Hall–Kier alpha value is -2.11. The molecule has 0 spiro atoms. The first-order valence-corrected chi connectivity index (χ1v) is 7.10. The lowest BCUT2D eigenvalue weighted by molar-refractivity contribution is -0.0668. The van der Waals surface area contributed by atoms with Gasteiger partial charge in [-0.15, -0.1) is 0 Å². The van der Waals surface area contributed by atoms with Crippen molar-refractivity contribution in [1.82, 2.24) is 9.97 Å². The Balaban J connectivity index is 2.03. The molecular formula is C16H17F3N2O. The lowest BCUT2D eigenvalue weighted by atomic mass is 10.1. The third-order valence-corrected chi connectivity index (χ3v) is 3.08. The van der Waals surface area contributed by atoms with Crippen molar-refractivity contribution in [3.05, 3.63) is 42.2 Å². The number of aromatic nitrogens is 2. The molecule has 1 aromatic carbocycles. The largest absolute Gasteiger partial charge is 0.454 e. The molecule has 6 heteroatoms. The van der Waals surface area contributed by atoms with Crippen LogP contribution in [0.15, 0.2) is 36.7 Å². The maximum Gasteiger partial charge on any atom is 0.304 e. The van der Waals surface area contributed by atoms with E-state index in [1.165, 1.54) is 12.1 Å². The van der Waals surface area contributed by atoms with Gasteiger partial charge >= 0.3 is 6.43 Å². The molecule has 1 heterocycles. The molecule has 0 aliphatic carbocycles. The fourth-order valence-corrected chi connectivity index (χ4v) is 1.88. The predicted octanol–water partition coefficient (Wildman–Crippen LogP) is 4.43. The normalized spacial score (nSPS) is 12.4. The molecule has 2 aromatic rings. The van der Waals surface area contributed by atoms with Gasteiger partial charge in [0, 0.05) is 18.0 Å². The molecule has 0 N–H and O–H groups in total. The molecule has 22 heavy (non-hydrogen) atoms. The quantitative estimate of drug-likeness (QED) is 0.759. The Bertz CT molecular complexity index is 573. The van der Waals surface area contributed by atoms with E-state index in [4.69, 9.17) is 0 Å². The molecule has 0 radical (unpaired) electrons. The maximum atomic E-state index is 12.8. The Morgan fingerprint density at radius 3 is 2.23 bits per heavy atom. The molecule has 0 aliphatic rings. The van der Waals surface area contributed by atoms with E-state index in [0.29, 0.717) is 11.4 Å². The Morgan fingerprint density at radius 2 is 1.68 bits per heavy atom. The van der Waals surface area contributed by atoms with Gasteiger partial charge in [0.05, 0.1) is 0 Å². The Kier molecular flexibility index (Phi) is 5.75. The summed E-state index contributed by atoms with van der Waals surface area (Å²) < 4.78 is 41.4. The first-order chi connectivity index (χ1) is 10.6. The van der Waals surface area contributed by atoms with Gasteiger partial charge in [0.2, 0.25) is 0 Å². The van der Waals surface area contributed by atoms with E-state index in [1.54, 1.807) is 24.5 Å². The van der Waals surface area contributed by atoms with Crippen LogP contribution in [0.25, 0.3) is 11.4 Å². The molecule has 0 saturated carbocycles. The molecule has 0 amide bonds. The van der Waals surface area contributed by atoms with E-state index in [0.717, 1.165) is 24.8 Å².